The number of hydrogen-bond donors (Lipinski definition) is 2. The van der Waals surface area contributed by atoms with E-state index in [1.807, 2.05) is 12.1 Å². The molecule has 3 heteroatoms. The number of piperidine rings is 1. The summed E-state index contributed by atoms with van der Waals surface area (Å²) in [6.07, 6.45) is 2.48. The first-order valence-corrected chi connectivity index (χ1v) is 6.30. The van der Waals surface area contributed by atoms with Crippen LogP contribution in [0.5, 0.6) is 0 Å². The molecule has 3 N–H and O–H groups in total. The minimum absolute atomic E-state index is 0.517. The van der Waals surface area contributed by atoms with Crippen molar-refractivity contribution in [2.45, 2.75) is 31.4 Å². The molecule has 2 rings (SSSR count). The van der Waals surface area contributed by atoms with Crippen LogP contribution in [0.4, 0.5) is 0 Å². The summed E-state index contributed by atoms with van der Waals surface area (Å²) in [6, 6.07) is 8.26. The lowest BCUT2D eigenvalue weighted by Gasteiger charge is -2.36. The van der Waals surface area contributed by atoms with Crippen molar-refractivity contribution in [2.24, 2.45) is 5.73 Å². The highest BCUT2D eigenvalue weighted by molar-refractivity contribution is 5.23. The number of likely N-dealkylation sites (tertiary alicyclic amines) is 1. The number of rotatable bonds is 3. The molecule has 0 aliphatic carbocycles. The standard InChI is InChI=1S/C14H22N2O/c1-16-8-6-14(17,7-9-16)10-12-2-4-13(11-15)5-3-12/h2-5,17H,6-11,15H2,1H3. The lowest BCUT2D eigenvalue weighted by molar-refractivity contribution is -0.0150. The second-order valence-corrected chi connectivity index (χ2v) is 5.23. The molecule has 0 bridgehead atoms. The Morgan fingerprint density at radius 3 is 2.24 bits per heavy atom. The Morgan fingerprint density at radius 1 is 1.18 bits per heavy atom. The van der Waals surface area contributed by atoms with Crippen molar-refractivity contribution in [2.75, 3.05) is 20.1 Å². The number of aliphatic hydroxyl groups is 1. The number of nitrogens with two attached hydrogens (primary N) is 1. The molecule has 0 amide bonds. The zero-order valence-electron chi connectivity index (χ0n) is 10.5. The summed E-state index contributed by atoms with van der Waals surface area (Å²) in [4.78, 5) is 2.27. The third kappa shape index (κ3) is 3.28. The second-order valence-electron chi connectivity index (χ2n) is 5.23. The van der Waals surface area contributed by atoms with Crippen molar-refractivity contribution in [1.29, 1.82) is 0 Å². The van der Waals surface area contributed by atoms with E-state index in [0.29, 0.717) is 6.54 Å². The normalized spacial score (nSPS) is 20.4. The average Bonchev–Trinajstić information content (AvgIpc) is 2.34. The molecular weight excluding hydrogens is 212 g/mol. The van der Waals surface area contributed by atoms with Gasteiger partial charge in [-0.3, -0.25) is 0 Å². The van der Waals surface area contributed by atoms with E-state index in [2.05, 4.69) is 24.1 Å². The van der Waals surface area contributed by atoms with Crippen LogP contribution >= 0.6 is 0 Å². The van der Waals surface area contributed by atoms with Gasteiger partial charge in [0.2, 0.25) is 0 Å². The van der Waals surface area contributed by atoms with Crippen LogP contribution in [0.2, 0.25) is 0 Å². The van der Waals surface area contributed by atoms with Crippen LogP contribution in [0, 0.1) is 0 Å². The zero-order valence-corrected chi connectivity index (χ0v) is 10.5. The number of benzene rings is 1. The molecule has 0 atom stereocenters. The van der Waals surface area contributed by atoms with Crippen molar-refractivity contribution in [1.82, 2.24) is 4.90 Å². The monoisotopic (exact) mass is 234 g/mol. The zero-order chi connectivity index (χ0) is 12.3. The summed E-state index contributed by atoms with van der Waals surface area (Å²) in [6.45, 7) is 2.55. The van der Waals surface area contributed by atoms with Crippen molar-refractivity contribution >= 4 is 0 Å². The maximum absolute atomic E-state index is 10.5. The van der Waals surface area contributed by atoms with E-state index in [4.69, 9.17) is 5.73 Å². The lowest BCUT2D eigenvalue weighted by atomic mass is 9.85. The summed E-state index contributed by atoms with van der Waals surface area (Å²) in [5, 5.41) is 10.5. The highest BCUT2D eigenvalue weighted by Crippen LogP contribution is 2.25. The highest BCUT2D eigenvalue weighted by atomic mass is 16.3. The maximum Gasteiger partial charge on any atom is 0.0712 e. The topological polar surface area (TPSA) is 49.5 Å². The average molecular weight is 234 g/mol. The van der Waals surface area contributed by atoms with Crippen molar-refractivity contribution < 1.29 is 5.11 Å². The maximum atomic E-state index is 10.5. The fraction of sp³-hybridized carbons (Fsp3) is 0.571. The van der Waals surface area contributed by atoms with Gasteiger partial charge in [0, 0.05) is 26.1 Å². The predicted octanol–water partition coefficient (Wildman–Crippen LogP) is 1.14. The highest BCUT2D eigenvalue weighted by Gasteiger charge is 2.31. The van der Waals surface area contributed by atoms with Crippen molar-refractivity contribution in [3.8, 4) is 0 Å². The molecule has 1 aromatic rings. The van der Waals surface area contributed by atoms with Crippen LogP contribution in [0.3, 0.4) is 0 Å². The van der Waals surface area contributed by atoms with Gasteiger partial charge >= 0.3 is 0 Å². The molecule has 1 fully saturated rings. The van der Waals surface area contributed by atoms with Gasteiger partial charge in [0.1, 0.15) is 0 Å². The van der Waals surface area contributed by atoms with E-state index in [0.717, 1.165) is 37.9 Å². The van der Waals surface area contributed by atoms with Crippen molar-refractivity contribution in [3.63, 3.8) is 0 Å². The predicted molar refractivity (Wildman–Crippen MR) is 69.7 cm³/mol. The van der Waals surface area contributed by atoms with Crippen LogP contribution in [0.25, 0.3) is 0 Å². The Hall–Kier alpha value is -0.900. The van der Waals surface area contributed by atoms with Gasteiger partial charge in [-0.15, -0.1) is 0 Å². The molecule has 1 aliphatic heterocycles. The fourth-order valence-electron chi connectivity index (χ4n) is 2.38. The van der Waals surface area contributed by atoms with Crippen LogP contribution < -0.4 is 5.73 Å². The van der Waals surface area contributed by atoms with Gasteiger partial charge in [0.05, 0.1) is 5.60 Å². The molecule has 17 heavy (non-hydrogen) atoms. The van der Waals surface area contributed by atoms with Gasteiger partial charge in [0.15, 0.2) is 0 Å². The van der Waals surface area contributed by atoms with E-state index >= 15 is 0 Å². The molecule has 0 unspecified atom stereocenters. The van der Waals surface area contributed by atoms with Crippen LogP contribution in [-0.4, -0.2) is 35.7 Å². The van der Waals surface area contributed by atoms with E-state index < -0.39 is 5.60 Å². The first kappa shape index (κ1) is 12.6. The summed E-state index contributed by atoms with van der Waals surface area (Å²) in [5.41, 5.74) is 7.40. The SMILES string of the molecule is CN1CCC(O)(Cc2ccc(CN)cc2)CC1. The summed E-state index contributed by atoms with van der Waals surface area (Å²) in [7, 11) is 2.11. The second kappa shape index (κ2) is 5.17. The lowest BCUT2D eigenvalue weighted by Crippen LogP contribution is -2.44. The van der Waals surface area contributed by atoms with Gasteiger partial charge in [-0.2, -0.15) is 0 Å². The van der Waals surface area contributed by atoms with E-state index in [-0.39, 0.29) is 0 Å². The van der Waals surface area contributed by atoms with Crippen LogP contribution in [0.1, 0.15) is 24.0 Å². The van der Waals surface area contributed by atoms with Gasteiger partial charge in [0.25, 0.3) is 0 Å². The van der Waals surface area contributed by atoms with E-state index in [1.54, 1.807) is 0 Å². The molecule has 0 spiro atoms. The van der Waals surface area contributed by atoms with Gasteiger partial charge < -0.3 is 15.7 Å². The Labute approximate surface area is 103 Å². The fourth-order valence-corrected chi connectivity index (χ4v) is 2.38. The number of nitrogens with zero attached hydrogens (tertiary/aromatic N) is 1. The van der Waals surface area contributed by atoms with Crippen LogP contribution in [0.15, 0.2) is 24.3 Å². The van der Waals surface area contributed by atoms with Crippen LogP contribution in [-0.2, 0) is 13.0 Å². The molecule has 0 aromatic heterocycles. The van der Waals surface area contributed by atoms with Crippen molar-refractivity contribution in [3.05, 3.63) is 35.4 Å². The molecular formula is C14H22N2O. The largest absolute Gasteiger partial charge is 0.389 e. The summed E-state index contributed by atoms with van der Waals surface area (Å²) in [5.74, 6) is 0. The van der Waals surface area contributed by atoms with E-state index in [9.17, 15) is 5.11 Å². The molecule has 0 radical (unpaired) electrons. The third-order valence-corrected chi connectivity index (χ3v) is 3.71. The molecule has 3 nitrogen and oxygen atoms in total. The molecule has 94 valence electrons. The van der Waals surface area contributed by atoms with Gasteiger partial charge in [-0.25, -0.2) is 0 Å². The first-order valence-electron chi connectivity index (χ1n) is 6.30. The van der Waals surface area contributed by atoms with Gasteiger partial charge in [-0.05, 0) is 31.0 Å². The van der Waals surface area contributed by atoms with Gasteiger partial charge in [-0.1, -0.05) is 24.3 Å². The Morgan fingerprint density at radius 2 is 1.71 bits per heavy atom. The summed E-state index contributed by atoms with van der Waals surface area (Å²) >= 11 is 0. The quantitative estimate of drug-likeness (QED) is 0.824. The molecule has 0 saturated carbocycles. The Kier molecular flexibility index (Phi) is 3.82. The smallest absolute Gasteiger partial charge is 0.0712 e. The Bertz CT molecular complexity index is 353. The van der Waals surface area contributed by atoms with E-state index in [1.165, 1.54) is 5.56 Å². The molecule has 1 saturated heterocycles. The minimum Gasteiger partial charge on any atom is -0.389 e. The number of hydrogen-bond acceptors (Lipinski definition) is 3. The Balaban J connectivity index is 1.99. The third-order valence-electron chi connectivity index (χ3n) is 3.71. The first-order chi connectivity index (χ1) is 8.11. The molecule has 1 aliphatic rings. The minimum atomic E-state index is -0.517. The summed E-state index contributed by atoms with van der Waals surface area (Å²) < 4.78 is 0. The molecule has 1 heterocycles. The molecule has 1 aromatic carbocycles.